The normalized spacial score (nSPS) is 20.2. The number of hydrogen-bond acceptors (Lipinski definition) is 2. The van der Waals surface area contributed by atoms with Gasteiger partial charge in [-0.2, -0.15) is 0 Å². The van der Waals surface area contributed by atoms with Crippen molar-refractivity contribution >= 4 is 17.5 Å². The molecule has 1 aromatic rings. The number of halogens is 1. The predicted molar refractivity (Wildman–Crippen MR) is 70.8 cm³/mol. The highest BCUT2D eigenvalue weighted by molar-refractivity contribution is 6.31. The molecule has 2 heterocycles. The number of aryl methyl sites for hydroxylation is 1. The molecule has 5 heteroatoms. The molecule has 1 aromatic heterocycles. The van der Waals surface area contributed by atoms with Crippen LogP contribution in [0.3, 0.4) is 0 Å². The quantitative estimate of drug-likeness (QED) is 0.913. The van der Waals surface area contributed by atoms with Gasteiger partial charge in [-0.15, -0.1) is 0 Å². The summed E-state index contributed by atoms with van der Waals surface area (Å²) in [7, 11) is 0. The van der Waals surface area contributed by atoms with Gasteiger partial charge < -0.3 is 14.6 Å². The second-order valence-corrected chi connectivity index (χ2v) is 5.21. The van der Waals surface area contributed by atoms with E-state index in [9.17, 15) is 9.90 Å². The predicted octanol–water partition coefficient (Wildman–Crippen LogP) is 2.01. The molecule has 0 saturated carbocycles. The molecular formula is C13H19ClN2O2. The van der Waals surface area contributed by atoms with Gasteiger partial charge in [-0.05, 0) is 31.7 Å². The summed E-state index contributed by atoms with van der Waals surface area (Å²) in [5.74, 6) is 0.227. The minimum absolute atomic E-state index is 0.0156. The summed E-state index contributed by atoms with van der Waals surface area (Å²) < 4.78 is 1.87. The van der Waals surface area contributed by atoms with Crippen LogP contribution in [0.2, 0.25) is 5.02 Å². The molecule has 1 fully saturated rings. The maximum atomic E-state index is 12.4. The standard InChI is InChI=1S/C13H19ClN2O2/c1-2-15-8-11(14)6-12(15)13(18)16-5-3-4-10(7-16)9-17/h6,8,10,17H,2-5,7,9H2,1H3. The number of carbonyl (C=O) groups is 1. The highest BCUT2D eigenvalue weighted by Crippen LogP contribution is 2.21. The zero-order chi connectivity index (χ0) is 13.1. The maximum Gasteiger partial charge on any atom is 0.270 e. The summed E-state index contributed by atoms with van der Waals surface area (Å²) in [4.78, 5) is 14.2. The summed E-state index contributed by atoms with van der Waals surface area (Å²) in [6, 6.07) is 1.72. The van der Waals surface area contributed by atoms with Crippen molar-refractivity contribution in [2.45, 2.75) is 26.3 Å². The van der Waals surface area contributed by atoms with Crippen molar-refractivity contribution in [1.82, 2.24) is 9.47 Å². The third-order valence-electron chi connectivity index (χ3n) is 3.49. The van der Waals surface area contributed by atoms with Crippen LogP contribution < -0.4 is 0 Å². The molecule has 1 unspecified atom stereocenters. The number of carbonyl (C=O) groups excluding carboxylic acids is 1. The summed E-state index contributed by atoms with van der Waals surface area (Å²) >= 11 is 5.95. The van der Waals surface area contributed by atoms with Crippen molar-refractivity contribution in [1.29, 1.82) is 0 Å². The molecular weight excluding hydrogens is 252 g/mol. The van der Waals surface area contributed by atoms with E-state index in [1.807, 2.05) is 16.4 Å². The third kappa shape index (κ3) is 2.70. The zero-order valence-electron chi connectivity index (χ0n) is 10.6. The Balaban J connectivity index is 2.14. The van der Waals surface area contributed by atoms with Gasteiger partial charge in [0.15, 0.2) is 0 Å². The number of piperidine rings is 1. The molecule has 1 aliphatic heterocycles. The van der Waals surface area contributed by atoms with Crippen LogP contribution in [-0.4, -0.2) is 40.2 Å². The van der Waals surface area contributed by atoms with Crippen molar-refractivity contribution < 1.29 is 9.90 Å². The molecule has 2 rings (SSSR count). The lowest BCUT2D eigenvalue weighted by Gasteiger charge is -2.32. The van der Waals surface area contributed by atoms with Crippen molar-refractivity contribution in [2.75, 3.05) is 19.7 Å². The summed E-state index contributed by atoms with van der Waals surface area (Å²) in [6.45, 7) is 4.27. The van der Waals surface area contributed by atoms with Crippen LogP contribution in [0.5, 0.6) is 0 Å². The number of amides is 1. The second kappa shape index (κ2) is 5.76. The van der Waals surface area contributed by atoms with Crippen molar-refractivity contribution in [2.24, 2.45) is 5.92 Å². The van der Waals surface area contributed by atoms with Gasteiger partial charge in [0.1, 0.15) is 5.69 Å². The first-order valence-electron chi connectivity index (χ1n) is 6.41. The van der Waals surface area contributed by atoms with E-state index < -0.39 is 0 Å². The Kier molecular flexibility index (Phi) is 4.30. The van der Waals surface area contributed by atoms with Gasteiger partial charge >= 0.3 is 0 Å². The molecule has 0 aliphatic carbocycles. The van der Waals surface area contributed by atoms with Crippen LogP contribution in [0.1, 0.15) is 30.3 Å². The van der Waals surface area contributed by atoms with Crippen LogP contribution in [0, 0.1) is 5.92 Å². The minimum atomic E-state index is 0.0156. The fourth-order valence-electron chi connectivity index (χ4n) is 2.48. The smallest absolute Gasteiger partial charge is 0.270 e. The highest BCUT2D eigenvalue weighted by atomic mass is 35.5. The minimum Gasteiger partial charge on any atom is -0.396 e. The topological polar surface area (TPSA) is 45.5 Å². The highest BCUT2D eigenvalue weighted by Gasteiger charge is 2.25. The molecule has 0 spiro atoms. The van der Waals surface area contributed by atoms with Crippen LogP contribution in [0.15, 0.2) is 12.3 Å². The van der Waals surface area contributed by atoms with E-state index in [-0.39, 0.29) is 18.4 Å². The molecule has 1 N–H and O–H groups in total. The Morgan fingerprint density at radius 3 is 3.06 bits per heavy atom. The van der Waals surface area contributed by atoms with E-state index in [0.29, 0.717) is 17.3 Å². The number of likely N-dealkylation sites (tertiary alicyclic amines) is 1. The molecule has 1 saturated heterocycles. The number of hydrogen-bond donors (Lipinski definition) is 1. The first-order valence-corrected chi connectivity index (χ1v) is 6.79. The summed E-state index contributed by atoms with van der Waals surface area (Å²) in [5.41, 5.74) is 0.640. The molecule has 100 valence electrons. The fraction of sp³-hybridized carbons (Fsp3) is 0.615. The Labute approximate surface area is 112 Å². The van der Waals surface area contributed by atoms with Crippen LogP contribution in [0.25, 0.3) is 0 Å². The van der Waals surface area contributed by atoms with Gasteiger partial charge in [-0.1, -0.05) is 11.6 Å². The molecule has 0 aromatic carbocycles. The van der Waals surface area contributed by atoms with Gasteiger partial charge in [0.2, 0.25) is 0 Å². The molecule has 1 amide bonds. The average Bonchev–Trinajstić information content (AvgIpc) is 2.79. The van der Waals surface area contributed by atoms with Gasteiger partial charge in [-0.3, -0.25) is 4.79 Å². The Morgan fingerprint density at radius 2 is 2.39 bits per heavy atom. The van der Waals surface area contributed by atoms with Gasteiger partial charge in [-0.25, -0.2) is 0 Å². The first kappa shape index (κ1) is 13.4. The van der Waals surface area contributed by atoms with Crippen LogP contribution in [0.4, 0.5) is 0 Å². The number of aliphatic hydroxyl groups is 1. The lowest BCUT2D eigenvalue weighted by Crippen LogP contribution is -2.41. The zero-order valence-corrected chi connectivity index (χ0v) is 11.4. The van der Waals surface area contributed by atoms with E-state index in [0.717, 1.165) is 25.9 Å². The molecule has 4 nitrogen and oxygen atoms in total. The Bertz CT molecular complexity index is 431. The Morgan fingerprint density at radius 1 is 1.61 bits per heavy atom. The Hall–Kier alpha value is -1.00. The number of aliphatic hydroxyl groups excluding tert-OH is 1. The lowest BCUT2D eigenvalue weighted by molar-refractivity contribution is 0.0610. The third-order valence-corrected chi connectivity index (χ3v) is 3.69. The van der Waals surface area contributed by atoms with E-state index in [1.54, 1.807) is 12.3 Å². The number of nitrogens with zero attached hydrogens (tertiary/aromatic N) is 2. The first-order chi connectivity index (χ1) is 8.65. The van der Waals surface area contributed by atoms with E-state index in [2.05, 4.69) is 0 Å². The number of rotatable bonds is 3. The van der Waals surface area contributed by atoms with Crippen molar-refractivity contribution in [3.05, 3.63) is 23.0 Å². The average molecular weight is 271 g/mol. The summed E-state index contributed by atoms with van der Waals surface area (Å²) in [6.07, 6.45) is 3.73. The van der Waals surface area contributed by atoms with E-state index in [1.165, 1.54) is 0 Å². The van der Waals surface area contributed by atoms with Gasteiger partial charge in [0, 0.05) is 32.4 Å². The van der Waals surface area contributed by atoms with Crippen LogP contribution >= 0.6 is 11.6 Å². The molecule has 1 aliphatic rings. The molecule has 0 radical (unpaired) electrons. The van der Waals surface area contributed by atoms with Gasteiger partial charge in [0.05, 0.1) is 5.02 Å². The van der Waals surface area contributed by atoms with Crippen molar-refractivity contribution in [3.8, 4) is 0 Å². The monoisotopic (exact) mass is 270 g/mol. The van der Waals surface area contributed by atoms with Crippen molar-refractivity contribution in [3.63, 3.8) is 0 Å². The maximum absolute atomic E-state index is 12.4. The van der Waals surface area contributed by atoms with E-state index in [4.69, 9.17) is 11.6 Å². The largest absolute Gasteiger partial charge is 0.396 e. The molecule has 18 heavy (non-hydrogen) atoms. The number of aromatic nitrogens is 1. The van der Waals surface area contributed by atoms with Crippen LogP contribution in [-0.2, 0) is 6.54 Å². The molecule has 0 bridgehead atoms. The SMILES string of the molecule is CCn1cc(Cl)cc1C(=O)N1CCCC(CO)C1. The van der Waals surface area contributed by atoms with E-state index >= 15 is 0 Å². The second-order valence-electron chi connectivity index (χ2n) is 4.77. The lowest BCUT2D eigenvalue weighted by atomic mass is 9.99. The van der Waals surface area contributed by atoms with Gasteiger partial charge in [0.25, 0.3) is 5.91 Å². The summed E-state index contributed by atoms with van der Waals surface area (Å²) in [5, 5.41) is 9.80. The fourth-order valence-corrected chi connectivity index (χ4v) is 2.70. The molecule has 1 atom stereocenters.